The maximum Gasteiger partial charge on any atom is 0.309 e. The van der Waals surface area contributed by atoms with Crippen LogP contribution in [0.4, 0.5) is 0 Å². The Morgan fingerprint density at radius 1 is 1.33 bits per heavy atom. The first-order valence-electron chi connectivity index (χ1n) is 6.35. The summed E-state index contributed by atoms with van der Waals surface area (Å²) in [6, 6.07) is 0. The van der Waals surface area contributed by atoms with E-state index in [2.05, 4.69) is 20.8 Å². The first-order chi connectivity index (χ1) is 7.15. The van der Waals surface area contributed by atoms with Crippen LogP contribution in [0.2, 0.25) is 0 Å². The summed E-state index contributed by atoms with van der Waals surface area (Å²) < 4.78 is 5.58. The highest BCUT2D eigenvalue weighted by Gasteiger charge is 2.48. The molecule has 5 atom stereocenters. The van der Waals surface area contributed by atoms with Gasteiger partial charge in [0.2, 0.25) is 0 Å². The predicted octanol–water partition coefficient (Wildman–Crippen LogP) is 3.01. The van der Waals surface area contributed by atoms with Crippen LogP contribution in [0, 0.1) is 23.7 Å². The molecule has 0 bridgehead atoms. The first kappa shape index (κ1) is 11.0. The lowest BCUT2D eigenvalue weighted by Gasteiger charge is -2.38. The number of rotatable bonds is 2. The summed E-state index contributed by atoms with van der Waals surface area (Å²) in [4.78, 5) is 11.9. The molecule has 2 aliphatic rings. The predicted molar refractivity (Wildman–Crippen MR) is 59.3 cm³/mol. The van der Waals surface area contributed by atoms with Gasteiger partial charge in [-0.25, -0.2) is 0 Å². The normalized spacial score (nSPS) is 45.0. The maximum absolute atomic E-state index is 11.9. The Morgan fingerprint density at radius 2 is 2.07 bits per heavy atom. The van der Waals surface area contributed by atoms with Gasteiger partial charge in [-0.2, -0.15) is 0 Å². The highest BCUT2D eigenvalue weighted by atomic mass is 16.5. The van der Waals surface area contributed by atoms with Crippen LogP contribution in [0.1, 0.15) is 46.5 Å². The van der Waals surface area contributed by atoms with E-state index in [0.29, 0.717) is 17.8 Å². The lowest BCUT2D eigenvalue weighted by molar-refractivity contribution is -0.172. The molecule has 1 aliphatic heterocycles. The van der Waals surface area contributed by atoms with E-state index in [-0.39, 0.29) is 18.0 Å². The summed E-state index contributed by atoms with van der Waals surface area (Å²) in [5.41, 5.74) is 0. The number of carbonyl (C=O) groups is 1. The molecule has 0 aromatic rings. The Balaban J connectivity index is 2.12. The minimum atomic E-state index is 0.0848. The minimum absolute atomic E-state index is 0.0848. The van der Waals surface area contributed by atoms with E-state index in [4.69, 9.17) is 4.74 Å². The molecule has 15 heavy (non-hydrogen) atoms. The van der Waals surface area contributed by atoms with Gasteiger partial charge in [0.15, 0.2) is 0 Å². The topological polar surface area (TPSA) is 26.3 Å². The molecule has 86 valence electrons. The Bertz CT molecular complexity index is 249. The van der Waals surface area contributed by atoms with Crippen molar-refractivity contribution < 1.29 is 9.53 Å². The molecule has 0 N–H and O–H groups in total. The van der Waals surface area contributed by atoms with Gasteiger partial charge in [-0.1, -0.05) is 27.2 Å². The number of fused-ring (bicyclic) bond motifs is 1. The summed E-state index contributed by atoms with van der Waals surface area (Å²) in [5.74, 6) is 1.98. The van der Waals surface area contributed by atoms with Crippen LogP contribution < -0.4 is 0 Å². The number of esters is 1. The van der Waals surface area contributed by atoms with Crippen LogP contribution in [-0.2, 0) is 9.53 Å². The second-order valence-electron chi connectivity index (χ2n) is 5.37. The average molecular weight is 210 g/mol. The van der Waals surface area contributed by atoms with Gasteiger partial charge in [-0.15, -0.1) is 0 Å². The average Bonchev–Trinajstić information content (AvgIpc) is 2.57. The van der Waals surface area contributed by atoms with Crippen LogP contribution >= 0.6 is 0 Å². The lowest BCUT2D eigenvalue weighted by Crippen LogP contribution is -2.43. The third-order valence-corrected chi connectivity index (χ3v) is 4.40. The summed E-state index contributed by atoms with van der Waals surface area (Å²) in [7, 11) is 0. The van der Waals surface area contributed by atoms with Crippen molar-refractivity contribution in [1.82, 2.24) is 0 Å². The zero-order valence-electron chi connectivity index (χ0n) is 10.0. The van der Waals surface area contributed by atoms with Gasteiger partial charge in [0.25, 0.3) is 0 Å². The van der Waals surface area contributed by atoms with Crippen molar-refractivity contribution >= 4 is 5.97 Å². The quantitative estimate of drug-likeness (QED) is 0.655. The van der Waals surface area contributed by atoms with Crippen molar-refractivity contribution in [2.24, 2.45) is 23.7 Å². The molecular weight excluding hydrogens is 188 g/mol. The second kappa shape index (κ2) is 4.15. The Morgan fingerprint density at radius 3 is 2.73 bits per heavy atom. The number of hydrogen-bond donors (Lipinski definition) is 0. The van der Waals surface area contributed by atoms with Crippen molar-refractivity contribution in [3.63, 3.8) is 0 Å². The molecule has 1 aliphatic carbocycles. The van der Waals surface area contributed by atoms with E-state index in [9.17, 15) is 4.79 Å². The van der Waals surface area contributed by atoms with Gasteiger partial charge in [-0.05, 0) is 37.0 Å². The van der Waals surface area contributed by atoms with Gasteiger partial charge in [0.1, 0.15) is 6.10 Å². The van der Waals surface area contributed by atoms with Crippen LogP contribution in [0.15, 0.2) is 0 Å². The van der Waals surface area contributed by atoms with Crippen molar-refractivity contribution in [3.05, 3.63) is 0 Å². The van der Waals surface area contributed by atoms with Gasteiger partial charge < -0.3 is 4.74 Å². The number of carbonyl (C=O) groups excluding carboxylic acids is 1. The smallest absolute Gasteiger partial charge is 0.309 e. The first-order valence-corrected chi connectivity index (χ1v) is 6.35. The molecule has 1 saturated heterocycles. The minimum Gasteiger partial charge on any atom is -0.462 e. The molecule has 2 nitrogen and oxygen atoms in total. The molecule has 1 saturated carbocycles. The zero-order valence-corrected chi connectivity index (χ0v) is 10.0. The summed E-state index contributed by atoms with van der Waals surface area (Å²) in [6.07, 6.45) is 4.75. The van der Waals surface area contributed by atoms with Gasteiger partial charge >= 0.3 is 5.97 Å². The Kier molecular flexibility index (Phi) is 3.03. The van der Waals surface area contributed by atoms with Crippen LogP contribution in [0.25, 0.3) is 0 Å². The van der Waals surface area contributed by atoms with Gasteiger partial charge in [-0.3, -0.25) is 4.79 Å². The van der Waals surface area contributed by atoms with Gasteiger partial charge in [0, 0.05) is 0 Å². The monoisotopic (exact) mass is 210 g/mol. The molecule has 1 heterocycles. The molecule has 2 rings (SSSR count). The fourth-order valence-corrected chi connectivity index (χ4v) is 3.45. The zero-order chi connectivity index (χ0) is 11.0. The summed E-state index contributed by atoms with van der Waals surface area (Å²) in [5, 5.41) is 0. The molecule has 0 spiro atoms. The van der Waals surface area contributed by atoms with Crippen LogP contribution in [0.3, 0.4) is 0 Å². The maximum atomic E-state index is 11.9. The number of hydrogen-bond acceptors (Lipinski definition) is 2. The third kappa shape index (κ3) is 1.79. The summed E-state index contributed by atoms with van der Waals surface area (Å²) >= 11 is 0. The molecule has 0 amide bonds. The molecule has 0 aromatic carbocycles. The van der Waals surface area contributed by atoms with Gasteiger partial charge in [0.05, 0.1) is 5.92 Å². The van der Waals surface area contributed by atoms with E-state index in [0.717, 1.165) is 12.8 Å². The largest absolute Gasteiger partial charge is 0.462 e. The van der Waals surface area contributed by atoms with Crippen molar-refractivity contribution in [1.29, 1.82) is 0 Å². The van der Waals surface area contributed by atoms with Crippen molar-refractivity contribution in [2.75, 3.05) is 0 Å². The third-order valence-electron chi connectivity index (χ3n) is 4.40. The molecule has 2 heteroatoms. The molecule has 2 fully saturated rings. The van der Waals surface area contributed by atoms with E-state index in [1.165, 1.54) is 12.8 Å². The number of ether oxygens (including phenoxy) is 1. The SMILES string of the molecule is CCCC1OC(=O)C2C(C)CCC2C1C. The molecule has 0 radical (unpaired) electrons. The molecule has 5 unspecified atom stereocenters. The highest BCUT2D eigenvalue weighted by molar-refractivity contribution is 5.74. The van der Waals surface area contributed by atoms with Crippen LogP contribution in [-0.4, -0.2) is 12.1 Å². The number of cyclic esters (lactones) is 1. The van der Waals surface area contributed by atoms with E-state index in [1.807, 2.05) is 0 Å². The van der Waals surface area contributed by atoms with E-state index >= 15 is 0 Å². The van der Waals surface area contributed by atoms with Crippen molar-refractivity contribution in [2.45, 2.75) is 52.6 Å². The lowest BCUT2D eigenvalue weighted by atomic mass is 9.76. The fourth-order valence-electron chi connectivity index (χ4n) is 3.45. The highest BCUT2D eigenvalue weighted by Crippen LogP contribution is 2.46. The molecular formula is C13H22O2. The second-order valence-corrected chi connectivity index (χ2v) is 5.37. The van der Waals surface area contributed by atoms with E-state index in [1.54, 1.807) is 0 Å². The van der Waals surface area contributed by atoms with Crippen LogP contribution in [0.5, 0.6) is 0 Å². The standard InChI is InChI=1S/C13H22O2/c1-4-5-11-9(3)10-7-6-8(2)12(10)13(14)15-11/h8-12H,4-7H2,1-3H3. The summed E-state index contributed by atoms with van der Waals surface area (Å²) in [6.45, 7) is 6.62. The fraction of sp³-hybridized carbons (Fsp3) is 0.923. The Hall–Kier alpha value is -0.530. The Labute approximate surface area is 92.4 Å². The van der Waals surface area contributed by atoms with Crippen molar-refractivity contribution in [3.8, 4) is 0 Å². The van der Waals surface area contributed by atoms with E-state index < -0.39 is 0 Å². The molecule has 0 aromatic heterocycles.